The van der Waals surface area contributed by atoms with Gasteiger partial charge in [-0.2, -0.15) is 22.0 Å². The summed E-state index contributed by atoms with van der Waals surface area (Å²) in [4.78, 5) is 12.1. The summed E-state index contributed by atoms with van der Waals surface area (Å²) in [5.41, 5.74) is -4.60. The van der Waals surface area contributed by atoms with E-state index in [0.29, 0.717) is 19.3 Å². The first-order chi connectivity index (χ1) is 13.2. The Balaban J connectivity index is 1.69. The Labute approximate surface area is 168 Å². The summed E-state index contributed by atoms with van der Waals surface area (Å²) in [5, 5.41) is 10.9. The zero-order valence-electron chi connectivity index (χ0n) is 17.3. The Bertz CT molecular complexity index is 706. The van der Waals surface area contributed by atoms with Crippen LogP contribution in [0.25, 0.3) is 0 Å². The minimum atomic E-state index is -5.77. The number of ketones is 1. The summed E-state index contributed by atoms with van der Waals surface area (Å²) < 4.78 is 68.7. The number of halogens is 5. The molecular weight excluding hydrogens is 391 g/mol. The number of hydrogen-bond acceptors (Lipinski definition) is 2. The molecule has 3 unspecified atom stereocenters. The summed E-state index contributed by atoms with van der Waals surface area (Å²) in [6.45, 7) is 5.76. The van der Waals surface area contributed by atoms with Gasteiger partial charge in [-0.25, -0.2) is 0 Å². The molecule has 0 bridgehead atoms. The van der Waals surface area contributed by atoms with Crippen LogP contribution in [0.4, 0.5) is 22.0 Å². The van der Waals surface area contributed by atoms with Crippen LogP contribution in [0.5, 0.6) is 0 Å². The van der Waals surface area contributed by atoms with Crippen molar-refractivity contribution >= 4 is 5.78 Å². The summed E-state index contributed by atoms with van der Waals surface area (Å²) in [7, 11) is 0. The van der Waals surface area contributed by atoms with E-state index in [4.69, 9.17) is 0 Å². The van der Waals surface area contributed by atoms with Gasteiger partial charge in [0, 0.05) is 18.3 Å². The normalized spacial score (nSPS) is 50.7. The van der Waals surface area contributed by atoms with Crippen molar-refractivity contribution in [2.45, 2.75) is 89.8 Å². The fourth-order valence-electron chi connectivity index (χ4n) is 8.25. The molecule has 8 atom stereocenters. The van der Waals surface area contributed by atoms with E-state index in [9.17, 15) is 31.9 Å². The predicted octanol–water partition coefficient (Wildman–Crippen LogP) is 5.77. The molecule has 4 aliphatic rings. The quantitative estimate of drug-likeness (QED) is 0.545. The Kier molecular flexibility index (Phi) is 4.57. The Morgan fingerprint density at radius 2 is 1.55 bits per heavy atom. The molecule has 0 saturated heterocycles. The van der Waals surface area contributed by atoms with Crippen LogP contribution >= 0.6 is 0 Å². The van der Waals surface area contributed by atoms with Gasteiger partial charge in [0.25, 0.3) is 0 Å². The van der Waals surface area contributed by atoms with Gasteiger partial charge in [0.05, 0.1) is 0 Å². The molecule has 4 fully saturated rings. The summed E-state index contributed by atoms with van der Waals surface area (Å²) in [6.07, 6.45) is -2.72. The molecule has 0 radical (unpaired) electrons. The van der Waals surface area contributed by atoms with Crippen LogP contribution in [0, 0.1) is 40.4 Å². The van der Waals surface area contributed by atoms with Gasteiger partial charge in [-0.3, -0.25) is 4.79 Å². The lowest BCUT2D eigenvalue weighted by molar-refractivity contribution is -0.364. The molecule has 1 N–H and O–H groups in total. The van der Waals surface area contributed by atoms with Gasteiger partial charge in [0.15, 0.2) is 0 Å². The number of hydrogen-bond donors (Lipinski definition) is 1. The third kappa shape index (κ3) is 2.51. The van der Waals surface area contributed by atoms with Crippen LogP contribution in [0.2, 0.25) is 0 Å². The lowest BCUT2D eigenvalue weighted by Crippen LogP contribution is -2.66. The van der Waals surface area contributed by atoms with Crippen molar-refractivity contribution in [1.29, 1.82) is 0 Å². The molecule has 7 heteroatoms. The molecule has 0 spiro atoms. The summed E-state index contributed by atoms with van der Waals surface area (Å²) in [5.74, 6) is -4.50. The predicted molar refractivity (Wildman–Crippen MR) is 97.2 cm³/mol. The van der Waals surface area contributed by atoms with Crippen molar-refractivity contribution in [2.75, 3.05) is 0 Å². The van der Waals surface area contributed by atoms with E-state index in [-0.39, 0.29) is 53.6 Å². The van der Waals surface area contributed by atoms with E-state index >= 15 is 0 Å². The van der Waals surface area contributed by atoms with Crippen molar-refractivity contribution in [3.05, 3.63) is 0 Å². The highest BCUT2D eigenvalue weighted by Gasteiger charge is 2.79. The van der Waals surface area contributed by atoms with Gasteiger partial charge in [0.1, 0.15) is 11.4 Å². The third-order valence-corrected chi connectivity index (χ3v) is 10.1. The number of alkyl halides is 5. The number of rotatable bonds is 1. The number of carbonyl (C=O) groups is 1. The van der Waals surface area contributed by atoms with Crippen molar-refractivity contribution in [3.8, 4) is 0 Å². The molecule has 166 valence electrons. The first-order valence-corrected chi connectivity index (χ1v) is 10.9. The minimum Gasteiger partial charge on any atom is -0.383 e. The standard InChI is InChI=1S/C22H31F5O2/c1-12-10-14(28)11-13-4-5-15-16-7-9-20(29,21(23,24)22(25,26)27)18(16,2)8-6-17(15)19(12,13)3/h12-13,15-17,29H,4-11H2,1-3H3/t12-,13+,15?,16?,17?,18-,19-,20-/m0/s1. The zero-order valence-corrected chi connectivity index (χ0v) is 17.3. The maximum absolute atomic E-state index is 14.5. The molecule has 29 heavy (non-hydrogen) atoms. The molecule has 4 aliphatic carbocycles. The second kappa shape index (κ2) is 6.17. The molecule has 4 rings (SSSR count). The van der Waals surface area contributed by atoms with Crippen LogP contribution in [0.1, 0.15) is 72.1 Å². The lowest BCUT2D eigenvalue weighted by atomic mass is 9.42. The van der Waals surface area contributed by atoms with Gasteiger partial charge < -0.3 is 5.11 Å². The second-order valence-corrected chi connectivity index (χ2v) is 10.8. The van der Waals surface area contributed by atoms with E-state index in [2.05, 4.69) is 13.8 Å². The Morgan fingerprint density at radius 1 is 0.931 bits per heavy atom. The van der Waals surface area contributed by atoms with Crippen LogP contribution in [-0.2, 0) is 4.79 Å². The van der Waals surface area contributed by atoms with Crippen molar-refractivity contribution < 1.29 is 31.9 Å². The monoisotopic (exact) mass is 422 g/mol. The van der Waals surface area contributed by atoms with Gasteiger partial charge in [-0.15, -0.1) is 0 Å². The van der Waals surface area contributed by atoms with E-state index in [1.54, 1.807) is 0 Å². The van der Waals surface area contributed by atoms with E-state index in [1.165, 1.54) is 6.92 Å². The molecule has 0 aromatic carbocycles. The van der Waals surface area contributed by atoms with E-state index in [1.807, 2.05) is 0 Å². The highest BCUT2D eigenvalue weighted by atomic mass is 19.4. The van der Waals surface area contributed by atoms with Crippen LogP contribution in [0.15, 0.2) is 0 Å². The lowest BCUT2D eigenvalue weighted by Gasteiger charge is -2.63. The highest BCUT2D eigenvalue weighted by molar-refractivity contribution is 5.80. The highest BCUT2D eigenvalue weighted by Crippen LogP contribution is 2.71. The summed E-state index contributed by atoms with van der Waals surface area (Å²) in [6, 6.07) is 0. The smallest absolute Gasteiger partial charge is 0.383 e. The topological polar surface area (TPSA) is 37.3 Å². The largest absolute Gasteiger partial charge is 0.456 e. The maximum atomic E-state index is 14.5. The molecule has 0 amide bonds. The minimum absolute atomic E-state index is 0.0312. The first-order valence-electron chi connectivity index (χ1n) is 10.9. The van der Waals surface area contributed by atoms with E-state index < -0.39 is 29.5 Å². The number of aliphatic hydroxyl groups is 1. The van der Waals surface area contributed by atoms with Crippen LogP contribution in [-0.4, -0.2) is 28.6 Å². The SMILES string of the molecule is C[C@H]1CC(=O)C[C@H]2CCC3C(CC[C@@]4(C)C3CC[C@@]4(O)C(F)(F)C(F)(F)F)[C@]21C. The molecule has 4 saturated carbocycles. The number of fused-ring (bicyclic) bond motifs is 5. The molecular formula is C22H31F5O2. The van der Waals surface area contributed by atoms with Gasteiger partial charge >= 0.3 is 12.1 Å². The number of carbonyl (C=O) groups excluding carboxylic acids is 1. The van der Waals surface area contributed by atoms with Gasteiger partial charge in [-0.1, -0.05) is 20.8 Å². The Hall–Kier alpha value is -0.720. The average Bonchev–Trinajstić information content (AvgIpc) is 2.88. The first kappa shape index (κ1) is 21.5. The maximum Gasteiger partial charge on any atom is 0.456 e. The Morgan fingerprint density at radius 3 is 2.17 bits per heavy atom. The fourth-order valence-corrected chi connectivity index (χ4v) is 8.25. The fraction of sp³-hybridized carbons (Fsp3) is 0.955. The molecule has 0 aromatic heterocycles. The van der Waals surface area contributed by atoms with Crippen LogP contribution in [0.3, 0.4) is 0 Å². The zero-order chi connectivity index (χ0) is 21.6. The van der Waals surface area contributed by atoms with Crippen molar-refractivity contribution in [2.24, 2.45) is 40.4 Å². The molecule has 2 nitrogen and oxygen atoms in total. The van der Waals surface area contributed by atoms with E-state index in [0.717, 1.165) is 12.8 Å². The summed E-state index contributed by atoms with van der Waals surface area (Å²) >= 11 is 0. The second-order valence-electron chi connectivity index (χ2n) is 10.8. The molecule has 0 aliphatic heterocycles. The third-order valence-electron chi connectivity index (χ3n) is 10.1. The van der Waals surface area contributed by atoms with Crippen molar-refractivity contribution in [1.82, 2.24) is 0 Å². The number of Topliss-reactive ketones (excluding diaryl/α,β-unsaturated/α-hetero) is 1. The van der Waals surface area contributed by atoms with Gasteiger partial charge in [-0.05, 0) is 73.5 Å². The van der Waals surface area contributed by atoms with Crippen LogP contribution < -0.4 is 0 Å². The molecule has 0 aromatic rings. The molecule has 0 heterocycles. The average molecular weight is 422 g/mol. The van der Waals surface area contributed by atoms with Gasteiger partial charge in [0.2, 0.25) is 0 Å². The van der Waals surface area contributed by atoms with Crippen molar-refractivity contribution in [3.63, 3.8) is 0 Å².